The quantitative estimate of drug-likeness (QED) is 0.307. The summed E-state index contributed by atoms with van der Waals surface area (Å²) in [6.45, 7) is 6.41. The Morgan fingerprint density at radius 3 is 2.44 bits per heavy atom. The van der Waals surface area contributed by atoms with Crippen molar-refractivity contribution in [1.82, 2.24) is 15.2 Å². The number of likely N-dealkylation sites (tertiary alicyclic amines) is 1. The zero-order valence-corrected chi connectivity index (χ0v) is 10.9. The van der Waals surface area contributed by atoms with Crippen LogP contribution in [0.25, 0.3) is 0 Å². The molecule has 1 saturated heterocycles. The number of hydrogen-bond acceptors (Lipinski definition) is 3. The Hall–Kier alpha value is -0.810. The molecule has 0 unspecified atom stereocenters. The Morgan fingerprint density at radius 1 is 1.44 bits per heavy atom. The minimum Gasteiger partial charge on any atom is -0.342 e. The van der Waals surface area contributed by atoms with Crippen molar-refractivity contribution in [3.05, 3.63) is 0 Å². The summed E-state index contributed by atoms with van der Waals surface area (Å²) in [6, 6.07) is 0.810. The molecule has 0 aromatic carbocycles. The van der Waals surface area contributed by atoms with Gasteiger partial charge in [0.25, 0.3) is 0 Å². The fourth-order valence-electron chi connectivity index (χ4n) is 2.03. The third kappa shape index (κ3) is 3.64. The molecule has 1 rings (SSSR count). The standard InChI is InChI=1S/C11H25N5/c1-9(2)13-11(14-12)16(4)10-5-7-15(3)8-6-10/h9-10H,5-8,12H2,1-4H3,(H,13,14). The molecule has 1 aliphatic heterocycles. The van der Waals surface area contributed by atoms with Gasteiger partial charge in [0.05, 0.1) is 0 Å². The van der Waals surface area contributed by atoms with Gasteiger partial charge in [-0.25, -0.2) is 10.8 Å². The van der Waals surface area contributed by atoms with Gasteiger partial charge in [-0.05, 0) is 46.8 Å². The summed E-state index contributed by atoms with van der Waals surface area (Å²) in [5, 5.41) is 0. The normalized spacial score (nSPS) is 20.2. The van der Waals surface area contributed by atoms with Crippen LogP contribution in [-0.2, 0) is 0 Å². The smallest absolute Gasteiger partial charge is 0.208 e. The Morgan fingerprint density at radius 2 is 2.00 bits per heavy atom. The maximum absolute atomic E-state index is 5.52. The van der Waals surface area contributed by atoms with Crippen LogP contribution in [0.4, 0.5) is 0 Å². The second-order valence-electron chi connectivity index (χ2n) is 4.84. The first-order valence-corrected chi connectivity index (χ1v) is 6.00. The number of nitrogens with zero attached hydrogens (tertiary/aromatic N) is 3. The van der Waals surface area contributed by atoms with E-state index in [9.17, 15) is 0 Å². The molecule has 0 atom stereocenters. The third-order valence-electron chi connectivity index (χ3n) is 3.08. The first kappa shape index (κ1) is 13.3. The fourth-order valence-corrected chi connectivity index (χ4v) is 2.03. The maximum atomic E-state index is 5.52. The number of rotatable bonds is 2. The van der Waals surface area contributed by atoms with Crippen LogP contribution in [0.15, 0.2) is 4.99 Å². The van der Waals surface area contributed by atoms with Crippen molar-refractivity contribution in [2.45, 2.75) is 38.8 Å². The molecule has 94 valence electrons. The molecule has 1 heterocycles. The van der Waals surface area contributed by atoms with Gasteiger partial charge in [-0.1, -0.05) is 0 Å². The first-order valence-electron chi connectivity index (χ1n) is 6.00. The van der Waals surface area contributed by atoms with E-state index in [0.717, 1.165) is 19.0 Å². The lowest BCUT2D eigenvalue weighted by Crippen LogP contribution is -2.51. The van der Waals surface area contributed by atoms with E-state index in [0.29, 0.717) is 6.04 Å². The molecule has 5 nitrogen and oxygen atoms in total. The van der Waals surface area contributed by atoms with Crippen LogP contribution in [0.5, 0.6) is 0 Å². The third-order valence-corrected chi connectivity index (χ3v) is 3.08. The van der Waals surface area contributed by atoms with Gasteiger partial charge in [-0.3, -0.25) is 5.43 Å². The van der Waals surface area contributed by atoms with E-state index >= 15 is 0 Å². The minimum atomic E-state index is 0.264. The Balaban J connectivity index is 2.58. The van der Waals surface area contributed by atoms with Crippen molar-refractivity contribution in [1.29, 1.82) is 0 Å². The predicted octanol–water partition coefficient (Wildman–Crippen LogP) is 0.240. The molecule has 0 spiro atoms. The predicted molar refractivity (Wildman–Crippen MR) is 68.2 cm³/mol. The molecule has 0 amide bonds. The number of nitrogens with one attached hydrogen (secondary N) is 1. The lowest BCUT2D eigenvalue weighted by Gasteiger charge is -2.36. The molecular formula is C11H25N5. The van der Waals surface area contributed by atoms with Crippen molar-refractivity contribution in [2.75, 3.05) is 27.2 Å². The summed E-state index contributed by atoms with van der Waals surface area (Å²) < 4.78 is 0. The van der Waals surface area contributed by atoms with Crippen LogP contribution >= 0.6 is 0 Å². The average molecular weight is 227 g/mol. The largest absolute Gasteiger partial charge is 0.342 e. The van der Waals surface area contributed by atoms with E-state index in [1.807, 2.05) is 0 Å². The zero-order valence-electron chi connectivity index (χ0n) is 10.9. The summed E-state index contributed by atoms with van der Waals surface area (Å²) >= 11 is 0. The molecule has 1 aliphatic rings. The van der Waals surface area contributed by atoms with Gasteiger partial charge in [0.2, 0.25) is 5.96 Å². The number of nitrogens with two attached hydrogens (primary N) is 1. The molecule has 0 aromatic heterocycles. The number of guanidine groups is 1. The second-order valence-corrected chi connectivity index (χ2v) is 4.84. The van der Waals surface area contributed by atoms with Gasteiger partial charge in [0, 0.05) is 19.1 Å². The van der Waals surface area contributed by atoms with Gasteiger partial charge in [-0.15, -0.1) is 0 Å². The highest BCUT2D eigenvalue weighted by molar-refractivity contribution is 5.79. The monoisotopic (exact) mass is 227 g/mol. The second kappa shape index (κ2) is 6.06. The van der Waals surface area contributed by atoms with E-state index in [-0.39, 0.29) is 6.04 Å². The lowest BCUT2D eigenvalue weighted by atomic mass is 10.0. The number of piperidine rings is 1. The number of hydrazine groups is 1. The molecule has 5 heteroatoms. The Labute approximate surface area is 98.7 Å². The maximum Gasteiger partial charge on any atom is 0.208 e. The van der Waals surface area contributed by atoms with E-state index in [2.05, 4.69) is 48.2 Å². The summed E-state index contributed by atoms with van der Waals surface area (Å²) in [5.41, 5.74) is 2.70. The van der Waals surface area contributed by atoms with E-state index < -0.39 is 0 Å². The molecule has 0 aromatic rings. The van der Waals surface area contributed by atoms with Crippen LogP contribution in [0.3, 0.4) is 0 Å². The highest BCUT2D eigenvalue weighted by Gasteiger charge is 2.22. The molecule has 0 radical (unpaired) electrons. The van der Waals surface area contributed by atoms with Crippen LogP contribution in [0.2, 0.25) is 0 Å². The molecule has 16 heavy (non-hydrogen) atoms. The SMILES string of the molecule is CC(C)N=C(NN)N(C)C1CCN(C)CC1. The van der Waals surface area contributed by atoms with Gasteiger partial charge >= 0.3 is 0 Å². The number of hydrogen-bond donors (Lipinski definition) is 2. The fraction of sp³-hybridized carbons (Fsp3) is 0.909. The van der Waals surface area contributed by atoms with Gasteiger partial charge < -0.3 is 9.80 Å². The van der Waals surface area contributed by atoms with Crippen molar-refractivity contribution >= 4 is 5.96 Å². The van der Waals surface area contributed by atoms with Gasteiger partial charge in [0.15, 0.2) is 0 Å². The van der Waals surface area contributed by atoms with Crippen LogP contribution in [-0.4, -0.2) is 55.0 Å². The van der Waals surface area contributed by atoms with Crippen molar-refractivity contribution in [2.24, 2.45) is 10.8 Å². The van der Waals surface area contributed by atoms with Crippen molar-refractivity contribution in [3.8, 4) is 0 Å². The van der Waals surface area contributed by atoms with Crippen LogP contribution in [0.1, 0.15) is 26.7 Å². The van der Waals surface area contributed by atoms with Gasteiger partial charge in [-0.2, -0.15) is 0 Å². The highest BCUT2D eigenvalue weighted by Crippen LogP contribution is 2.14. The van der Waals surface area contributed by atoms with E-state index in [4.69, 9.17) is 5.84 Å². The van der Waals surface area contributed by atoms with Crippen molar-refractivity contribution < 1.29 is 0 Å². The zero-order chi connectivity index (χ0) is 12.1. The molecule has 1 fully saturated rings. The Kier molecular flexibility index (Phi) is 5.02. The Bertz CT molecular complexity index is 231. The molecular weight excluding hydrogens is 202 g/mol. The first-order chi connectivity index (χ1) is 7.54. The van der Waals surface area contributed by atoms with Crippen molar-refractivity contribution in [3.63, 3.8) is 0 Å². The van der Waals surface area contributed by atoms with Gasteiger partial charge in [0.1, 0.15) is 0 Å². The lowest BCUT2D eigenvalue weighted by molar-refractivity contribution is 0.189. The number of aliphatic imine (C=N–C) groups is 1. The molecule has 0 aliphatic carbocycles. The summed E-state index contributed by atoms with van der Waals surface area (Å²) in [7, 11) is 4.23. The summed E-state index contributed by atoms with van der Waals surface area (Å²) in [5.74, 6) is 6.32. The summed E-state index contributed by atoms with van der Waals surface area (Å²) in [4.78, 5) is 9.02. The van der Waals surface area contributed by atoms with E-state index in [1.54, 1.807) is 0 Å². The highest BCUT2D eigenvalue weighted by atomic mass is 15.4. The molecule has 3 N–H and O–H groups in total. The van der Waals surface area contributed by atoms with Crippen LogP contribution < -0.4 is 11.3 Å². The topological polar surface area (TPSA) is 56.9 Å². The van der Waals surface area contributed by atoms with E-state index in [1.165, 1.54) is 12.8 Å². The summed E-state index contributed by atoms with van der Waals surface area (Å²) in [6.07, 6.45) is 2.34. The van der Waals surface area contributed by atoms with Crippen LogP contribution in [0, 0.1) is 0 Å². The molecule has 0 saturated carbocycles. The molecule has 0 bridgehead atoms. The average Bonchev–Trinajstić information content (AvgIpc) is 2.25. The minimum absolute atomic E-state index is 0.264.